The first-order valence-electron chi connectivity index (χ1n) is 5.74. The maximum atomic E-state index is 11.3. The summed E-state index contributed by atoms with van der Waals surface area (Å²) < 4.78 is 0. The van der Waals surface area contributed by atoms with E-state index in [9.17, 15) is 14.7 Å². The van der Waals surface area contributed by atoms with Crippen molar-refractivity contribution in [3.63, 3.8) is 0 Å². The van der Waals surface area contributed by atoms with Crippen LogP contribution in [0.5, 0.6) is 0 Å². The second-order valence-corrected chi connectivity index (χ2v) is 4.74. The maximum absolute atomic E-state index is 11.3. The van der Waals surface area contributed by atoms with Gasteiger partial charge in [-0.25, -0.2) is 0 Å². The molecule has 0 aromatic rings. The molecule has 0 saturated heterocycles. The third-order valence-electron chi connectivity index (χ3n) is 2.74. The molecule has 92 valence electrons. The van der Waals surface area contributed by atoms with Crippen LogP contribution in [0, 0.1) is 0 Å². The smallest absolute Gasteiger partial charge is 0.309 e. The Hall–Kier alpha value is -1.10. The van der Waals surface area contributed by atoms with Gasteiger partial charge in [-0.15, -0.1) is 0 Å². The largest absolute Gasteiger partial charge is 0.388 e. The minimum atomic E-state index is -0.812. The molecule has 0 atom stereocenters. The minimum absolute atomic E-state index is 0.0622. The van der Waals surface area contributed by atoms with Crippen LogP contribution in [-0.2, 0) is 9.59 Å². The number of nitrogens with one attached hydrogen (secondary N) is 2. The number of carbonyl (C=O) groups is 2. The van der Waals surface area contributed by atoms with Crippen LogP contribution in [0.4, 0.5) is 0 Å². The lowest BCUT2D eigenvalue weighted by Gasteiger charge is -2.22. The fraction of sp³-hybridized carbons (Fsp3) is 0.818. The molecule has 5 heteroatoms. The highest BCUT2D eigenvalue weighted by atomic mass is 16.3. The number of amides is 2. The lowest BCUT2D eigenvalue weighted by atomic mass is 10.0. The molecule has 1 rings (SSSR count). The van der Waals surface area contributed by atoms with Crippen LogP contribution in [0.25, 0.3) is 0 Å². The number of carbonyl (C=O) groups excluding carboxylic acids is 2. The summed E-state index contributed by atoms with van der Waals surface area (Å²) in [6.07, 6.45) is 3.34. The topological polar surface area (TPSA) is 78.4 Å². The molecule has 0 unspecified atom stereocenters. The summed E-state index contributed by atoms with van der Waals surface area (Å²) in [7, 11) is 0. The highest BCUT2D eigenvalue weighted by molar-refractivity contribution is 6.35. The van der Waals surface area contributed by atoms with Gasteiger partial charge in [0.15, 0.2) is 0 Å². The second-order valence-electron chi connectivity index (χ2n) is 4.74. The molecule has 0 aromatic heterocycles. The molecule has 0 aliphatic heterocycles. The molecular weight excluding hydrogens is 208 g/mol. The molecule has 0 aromatic carbocycles. The Balaban J connectivity index is 2.31. The Labute approximate surface area is 95.6 Å². The highest BCUT2D eigenvalue weighted by Crippen LogP contribution is 2.28. The second kappa shape index (κ2) is 5.30. The molecule has 0 bridgehead atoms. The number of hydrogen-bond acceptors (Lipinski definition) is 3. The lowest BCUT2D eigenvalue weighted by Crippen LogP contribution is -2.47. The summed E-state index contributed by atoms with van der Waals surface area (Å²) in [5.41, 5.74) is -0.812. The van der Waals surface area contributed by atoms with Gasteiger partial charge in [-0.05, 0) is 26.7 Å². The van der Waals surface area contributed by atoms with Crippen molar-refractivity contribution in [3.05, 3.63) is 0 Å². The van der Waals surface area contributed by atoms with Crippen molar-refractivity contribution >= 4 is 11.8 Å². The maximum Gasteiger partial charge on any atom is 0.309 e. The Kier molecular flexibility index (Phi) is 4.29. The monoisotopic (exact) mass is 228 g/mol. The highest BCUT2D eigenvalue weighted by Gasteiger charge is 2.31. The Bertz CT molecular complexity index is 270. The fourth-order valence-corrected chi connectivity index (χ4v) is 1.86. The van der Waals surface area contributed by atoms with Crippen molar-refractivity contribution < 1.29 is 14.7 Å². The molecule has 1 aliphatic carbocycles. The summed E-state index contributed by atoms with van der Waals surface area (Å²) in [5, 5.41) is 14.9. The van der Waals surface area contributed by atoms with E-state index < -0.39 is 17.4 Å². The summed E-state index contributed by atoms with van der Waals surface area (Å²) >= 11 is 0. The van der Waals surface area contributed by atoms with E-state index in [2.05, 4.69) is 10.6 Å². The van der Waals surface area contributed by atoms with Gasteiger partial charge in [0, 0.05) is 12.6 Å². The standard InChI is InChI=1S/C11H20N2O3/c1-8(2)13-10(15)9(14)12-7-11(16)5-3-4-6-11/h8,16H,3-7H2,1-2H3,(H,12,14)(H,13,15). The van der Waals surface area contributed by atoms with E-state index in [0.29, 0.717) is 12.8 Å². The van der Waals surface area contributed by atoms with Crippen LogP contribution in [0.3, 0.4) is 0 Å². The van der Waals surface area contributed by atoms with Crippen LogP contribution >= 0.6 is 0 Å². The zero-order chi connectivity index (χ0) is 12.2. The zero-order valence-electron chi connectivity index (χ0n) is 9.88. The molecular formula is C11H20N2O3. The normalized spacial score (nSPS) is 18.5. The number of hydrogen-bond donors (Lipinski definition) is 3. The van der Waals surface area contributed by atoms with Crippen molar-refractivity contribution in [2.24, 2.45) is 0 Å². The molecule has 1 saturated carbocycles. The fourth-order valence-electron chi connectivity index (χ4n) is 1.86. The Morgan fingerprint density at radius 2 is 1.81 bits per heavy atom. The Morgan fingerprint density at radius 1 is 1.25 bits per heavy atom. The third kappa shape index (κ3) is 3.81. The van der Waals surface area contributed by atoms with E-state index in [1.54, 1.807) is 13.8 Å². The van der Waals surface area contributed by atoms with E-state index in [0.717, 1.165) is 12.8 Å². The van der Waals surface area contributed by atoms with E-state index in [1.807, 2.05) is 0 Å². The summed E-state index contributed by atoms with van der Waals surface area (Å²) in [5.74, 6) is -1.31. The molecule has 1 aliphatic rings. The SMILES string of the molecule is CC(C)NC(=O)C(=O)NCC1(O)CCCC1. The first-order chi connectivity index (χ1) is 7.43. The summed E-state index contributed by atoms with van der Waals surface area (Å²) in [6.45, 7) is 3.74. The van der Waals surface area contributed by atoms with E-state index in [4.69, 9.17) is 0 Å². The van der Waals surface area contributed by atoms with E-state index in [-0.39, 0.29) is 12.6 Å². The molecule has 0 heterocycles. The average molecular weight is 228 g/mol. The van der Waals surface area contributed by atoms with Crippen molar-refractivity contribution in [1.82, 2.24) is 10.6 Å². The summed E-state index contributed by atoms with van der Waals surface area (Å²) in [4.78, 5) is 22.6. The molecule has 5 nitrogen and oxygen atoms in total. The summed E-state index contributed by atoms with van der Waals surface area (Å²) in [6, 6.07) is -0.0622. The van der Waals surface area contributed by atoms with Crippen LogP contribution in [0.15, 0.2) is 0 Å². The van der Waals surface area contributed by atoms with E-state index >= 15 is 0 Å². The van der Waals surface area contributed by atoms with Crippen molar-refractivity contribution in [1.29, 1.82) is 0 Å². The van der Waals surface area contributed by atoms with E-state index in [1.165, 1.54) is 0 Å². The van der Waals surface area contributed by atoms with Crippen LogP contribution in [0.2, 0.25) is 0 Å². The van der Waals surface area contributed by atoms with Gasteiger partial charge >= 0.3 is 11.8 Å². The molecule has 3 N–H and O–H groups in total. The number of rotatable bonds is 3. The molecule has 2 amide bonds. The first kappa shape index (κ1) is 13.0. The van der Waals surface area contributed by atoms with Crippen molar-refractivity contribution in [2.75, 3.05) is 6.54 Å². The molecule has 0 radical (unpaired) electrons. The van der Waals surface area contributed by atoms with Gasteiger partial charge in [-0.1, -0.05) is 12.8 Å². The van der Waals surface area contributed by atoms with Gasteiger partial charge in [0.2, 0.25) is 0 Å². The molecule has 16 heavy (non-hydrogen) atoms. The Morgan fingerprint density at radius 3 is 2.31 bits per heavy atom. The van der Waals surface area contributed by atoms with Gasteiger partial charge in [-0.2, -0.15) is 0 Å². The van der Waals surface area contributed by atoms with Crippen molar-refractivity contribution in [3.8, 4) is 0 Å². The van der Waals surface area contributed by atoms with Gasteiger partial charge in [-0.3, -0.25) is 9.59 Å². The van der Waals surface area contributed by atoms with Gasteiger partial charge in [0.25, 0.3) is 0 Å². The average Bonchev–Trinajstić information content (AvgIpc) is 2.61. The predicted octanol–water partition coefficient (Wildman–Crippen LogP) is -0.0677. The lowest BCUT2D eigenvalue weighted by molar-refractivity contribution is -0.140. The number of aliphatic hydroxyl groups is 1. The third-order valence-corrected chi connectivity index (χ3v) is 2.74. The molecule has 1 fully saturated rings. The van der Waals surface area contributed by atoms with Gasteiger partial charge in [0.05, 0.1) is 5.60 Å². The van der Waals surface area contributed by atoms with Crippen LogP contribution in [-0.4, -0.2) is 35.1 Å². The van der Waals surface area contributed by atoms with Crippen LogP contribution in [0.1, 0.15) is 39.5 Å². The first-order valence-corrected chi connectivity index (χ1v) is 5.74. The van der Waals surface area contributed by atoms with Gasteiger partial charge < -0.3 is 15.7 Å². The molecule has 0 spiro atoms. The quantitative estimate of drug-likeness (QED) is 0.592. The van der Waals surface area contributed by atoms with Gasteiger partial charge in [0.1, 0.15) is 0 Å². The predicted molar refractivity (Wildman–Crippen MR) is 59.7 cm³/mol. The zero-order valence-corrected chi connectivity index (χ0v) is 9.88. The minimum Gasteiger partial charge on any atom is -0.388 e. The van der Waals surface area contributed by atoms with Crippen LogP contribution < -0.4 is 10.6 Å². The van der Waals surface area contributed by atoms with Crippen molar-refractivity contribution in [2.45, 2.75) is 51.2 Å².